The number of nitrogens with zero attached hydrogens (tertiary/aromatic N) is 2. The van der Waals surface area contributed by atoms with Crippen molar-refractivity contribution in [1.29, 1.82) is 0 Å². The largest absolute Gasteiger partial charge is 0.487 e. The lowest BCUT2D eigenvalue weighted by Crippen LogP contribution is -2.19. The maximum Gasteiger partial charge on any atom is 0.353 e. The Morgan fingerprint density at radius 1 is 1.06 bits per heavy atom. The number of hydrogen-bond donors (Lipinski definition) is 1. The van der Waals surface area contributed by atoms with Crippen molar-refractivity contribution in [2.24, 2.45) is 11.1 Å². The number of pyridine rings is 1. The summed E-state index contributed by atoms with van der Waals surface area (Å²) in [4.78, 5) is 21.5. The summed E-state index contributed by atoms with van der Waals surface area (Å²) in [6.07, 6.45) is 5.39. The van der Waals surface area contributed by atoms with E-state index >= 15 is 0 Å². The maximum absolute atomic E-state index is 11.1. The topological polar surface area (TPSA) is 81.0 Å². The normalized spacial score (nSPS) is 16.0. The van der Waals surface area contributed by atoms with Crippen molar-refractivity contribution < 1.29 is 19.5 Å². The molecule has 0 radical (unpaired) electrons. The highest BCUT2D eigenvalue weighted by molar-refractivity contribution is 6.34. The fraction of sp³-hybridized carbons (Fsp3) is 0.346. The lowest BCUT2D eigenvalue weighted by atomic mass is 9.83. The Morgan fingerprint density at radius 2 is 1.81 bits per heavy atom. The van der Waals surface area contributed by atoms with Crippen LogP contribution in [0.5, 0.6) is 5.75 Å². The van der Waals surface area contributed by atoms with Gasteiger partial charge in [0.15, 0.2) is 11.8 Å². The van der Waals surface area contributed by atoms with Gasteiger partial charge in [0.25, 0.3) is 0 Å². The smallest absolute Gasteiger partial charge is 0.353 e. The van der Waals surface area contributed by atoms with Crippen LogP contribution in [0.2, 0.25) is 0 Å². The van der Waals surface area contributed by atoms with E-state index in [9.17, 15) is 4.79 Å². The molecule has 0 unspecified atom stereocenters. The van der Waals surface area contributed by atoms with E-state index in [1.165, 1.54) is 13.3 Å². The number of aromatic nitrogens is 1. The summed E-state index contributed by atoms with van der Waals surface area (Å²) in [5, 5.41) is 14.1. The number of carboxylic acids is 1. The van der Waals surface area contributed by atoms with Gasteiger partial charge >= 0.3 is 5.97 Å². The summed E-state index contributed by atoms with van der Waals surface area (Å²) in [6, 6.07) is 19.8. The Balaban J connectivity index is 1.45. The third-order valence-electron chi connectivity index (χ3n) is 5.94. The summed E-state index contributed by atoms with van der Waals surface area (Å²) >= 11 is 0. The molecule has 3 aromatic rings. The van der Waals surface area contributed by atoms with Crippen LogP contribution in [-0.2, 0) is 16.2 Å². The van der Waals surface area contributed by atoms with Gasteiger partial charge in [0.05, 0.1) is 11.2 Å². The van der Waals surface area contributed by atoms with E-state index in [0.717, 1.165) is 53.6 Å². The van der Waals surface area contributed by atoms with E-state index in [-0.39, 0.29) is 11.8 Å². The van der Waals surface area contributed by atoms with Crippen LogP contribution in [0, 0.1) is 5.92 Å². The second-order valence-electron chi connectivity index (χ2n) is 8.26. The second-order valence-corrected chi connectivity index (χ2v) is 8.26. The number of ether oxygens (including phenoxy) is 1. The molecule has 1 aliphatic rings. The van der Waals surface area contributed by atoms with Crippen LogP contribution in [0.1, 0.15) is 56.4 Å². The standard InChI is InChI=1S/C26H28N2O4/c1-18(26(29)30)28-32-25(20-8-3-2-4-9-20)21-12-15-23(16-13-21)31-17-22-14-11-19-7-5-6-10-24(19)27-22/h5-7,10-16,20,25H,2-4,8-9,17H2,1H3,(H,29,30)/b28-18+/t25-/m0/s1. The molecule has 1 atom stereocenters. The zero-order valence-corrected chi connectivity index (χ0v) is 18.2. The summed E-state index contributed by atoms with van der Waals surface area (Å²) in [5.74, 6) is -0.00238. The van der Waals surface area contributed by atoms with Gasteiger partial charge in [-0.2, -0.15) is 0 Å². The van der Waals surface area contributed by atoms with Crippen LogP contribution >= 0.6 is 0 Å². The third kappa shape index (κ3) is 5.44. The molecule has 6 nitrogen and oxygen atoms in total. The molecular weight excluding hydrogens is 404 g/mol. The second kappa shape index (κ2) is 10.3. The fourth-order valence-corrected chi connectivity index (χ4v) is 4.13. The Hall–Kier alpha value is -3.41. The molecule has 0 spiro atoms. The van der Waals surface area contributed by atoms with Gasteiger partial charge in [-0.3, -0.25) is 0 Å². The minimum Gasteiger partial charge on any atom is -0.487 e. The van der Waals surface area contributed by atoms with E-state index < -0.39 is 5.97 Å². The van der Waals surface area contributed by atoms with Crippen molar-refractivity contribution in [3.63, 3.8) is 0 Å². The van der Waals surface area contributed by atoms with E-state index in [1.807, 2.05) is 54.6 Å². The molecule has 1 saturated carbocycles. The Morgan fingerprint density at radius 3 is 2.56 bits per heavy atom. The van der Waals surface area contributed by atoms with Crippen LogP contribution < -0.4 is 4.74 Å². The monoisotopic (exact) mass is 432 g/mol. The van der Waals surface area contributed by atoms with E-state index in [1.54, 1.807) is 0 Å². The van der Waals surface area contributed by atoms with Gasteiger partial charge in [0.2, 0.25) is 0 Å². The van der Waals surface area contributed by atoms with Crippen LogP contribution in [0.15, 0.2) is 65.8 Å². The van der Waals surface area contributed by atoms with Crippen molar-refractivity contribution in [3.8, 4) is 5.75 Å². The fourth-order valence-electron chi connectivity index (χ4n) is 4.13. The predicted octanol–water partition coefficient (Wildman–Crippen LogP) is 5.91. The molecular formula is C26H28N2O4. The van der Waals surface area contributed by atoms with E-state index in [0.29, 0.717) is 12.5 Å². The summed E-state index contributed by atoms with van der Waals surface area (Å²) in [5.41, 5.74) is 2.76. The van der Waals surface area contributed by atoms with Gasteiger partial charge in [0, 0.05) is 11.3 Å². The third-order valence-corrected chi connectivity index (χ3v) is 5.94. The number of benzene rings is 2. The minimum atomic E-state index is -1.07. The van der Waals surface area contributed by atoms with Gasteiger partial charge < -0.3 is 14.7 Å². The zero-order valence-electron chi connectivity index (χ0n) is 18.2. The van der Waals surface area contributed by atoms with Crippen molar-refractivity contribution in [2.45, 2.75) is 51.7 Å². The number of fused-ring (bicyclic) bond motifs is 1. The molecule has 166 valence electrons. The van der Waals surface area contributed by atoms with Crippen molar-refractivity contribution in [1.82, 2.24) is 4.98 Å². The first-order valence-electron chi connectivity index (χ1n) is 11.1. The number of oxime groups is 1. The molecule has 1 fully saturated rings. The summed E-state index contributed by atoms with van der Waals surface area (Å²) in [7, 11) is 0. The van der Waals surface area contributed by atoms with Crippen LogP contribution in [0.3, 0.4) is 0 Å². The number of hydrogen-bond acceptors (Lipinski definition) is 5. The summed E-state index contributed by atoms with van der Waals surface area (Å²) in [6.45, 7) is 1.83. The Kier molecular flexibility index (Phi) is 7.00. The molecule has 1 N–H and O–H groups in total. The molecule has 0 saturated heterocycles. The number of rotatable bonds is 8. The van der Waals surface area contributed by atoms with Crippen molar-refractivity contribution in [3.05, 3.63) is 71.9 Å². The van der Waals surface area contributed by atoms with Crippen molar-refractivity contribution >= 4 is 22.6 Å². The van der Waals surface area contributed by atoms with Crippen LogP contribution in [-0.4, -0.2) is 21.8 Å². The SMILES string of the molecule is C/C(=N\O[C@H](c1ccc(OCc2ccc3ccccc3n2)cc1)C1CCCCC1)C(=O)O. The van der Waals surface area contributed by atoms with Gasteiger partial charge in [0.1, 0.15) is 12.4 Å². The quantitative estimate of drug-likeness (QED) is 0.353. The molecule has 1 heterocycles. The van der Waals surface area contributed by atoms with Crippen LogP contribution in [0.4, 0.5) is 0 Å². The predicted molar refractivity (Wildman–Crippen MR) is 124 cm³/mol. The number of para-hydroxylation sites is 1. The van der Waals surface area contributed by atoms with E-state index in [4.69, 9.17) is 14.7 Å². The average Bonchev–Trinajstić information content (AvgIpc) is 2.84. The lowest BCUT2D eigenvalue weighted by molar-refractivity contribution is -0.129. The summed E-state index contributed by atoms with van der Waals surface area (Å²) < 4.78 is 5.94. The molecule has 0 aliphatic heterocycles. The molecule has 0 bridgehead atoms. The molecule has 2 aromatic carbocycles. The maximum atomic E-state index is 11.1. The average molecular weight is 433 g/mol. The van der Waals surface area contributed by atoms with Gasteiger partial charge in [-0.05, 0) is 49.6 Å². The molecule has 4 rings (SSSR count). The molecule has 6 heteroatoms. The highest BCUT2D eigenvalue weighted by Crippen LogP contribution is 2.37. The van der Waals surface area contributed by atoms with Crippen LogP contribution in [0.25, 0.3) is 10.9 Å². The number of carbonyl (C=O) groups is 1. The number of aliphatic carboxylic acids is 1. The molecule has 0 amide bonds. The van der Waals surface area contributed by atoms with Gasteiger partial charge in [-0.15, -0.1) is 0 Å². The number of carboxylic acid groups (broad SMARTS) is 1. The van der Waals surface area contributed by atoms with Crippen molar-refractivity contribution in [2.75, 3.05) is 0 Å². The highest BCUT2D eigenvalue weighted by atomic mass is 16.6. The zero-order chi connectivity index (χ0) is 22.3. The first-order chi connectivity index (χ1) is 15.6. The molecule has 1 aromatic heterocycles. The molecule has 32 heavy (non-hydrogen) atoms. The van der Waals surface area contributed by atoms with Gasteiger partial charge in [-0.1, -0.05) is 60.8 Å². The first-order valence-corrected chi connectivity index (χ1v) is 11.1. The van der Waals surface area contributed by atoms with Gasteiger partial charge in [-0.25, -0.2) is 9.78 Å². The minimum absolute atomic E-state index is 0.0475. The van der Waals surface area contributed by atoms with E-state index in [2.05, 4.69) is 16.2 Å². The first kappa shape index (κ1) is 21.8. The molecule has 1 aliphatic carbocycles. The Labute approximate surface area is 187 Å². The highest BCUT2D eigenvalue weighted by Gasteiger charge is 2.27. The Bertz CT molecular complexity index is 1090. The lowest BCUT2D eigenvalue weighted by Gasteiger charge is -2.29.